The van der Waals surface area contributed by atoms with E-state index in [2.05, 4.69) is 42.9 Å². The predicted octanol–water partition coefficient (Wildman–Crippen LogP) is 4.23. The number of hydrogen-bond donors (Lipinski definition) is 3. The van der Waals surface area contributed by atoms with Crippen LogP contribution in [0.4, 0.5) is 0 Å². The van der Waals surface area contributed by atoms with Crippen molar-refractivity contribution in [1.29, 1.82) is 0 Å². The average molecular weight is 383 g/mol. The molecule has 2 unspecified atom stereocenters. The minimum atomic E-state index is -0.256. The number of amidine groups is 1. The van der Waals surface area contributed by atoms with E-state index < -0.39 is 0 Å². The number of nitrogens with one attached hydrogen (secondary N) is 1. The van der Waals surface area contributed by atoms with Crippen LogP contribution in [0.5, 0.6) is 0 Å². The molecule has 0 amide bonds. The van der Waals surface area contributed by atoms with Crippen LogP contribution in [-0.4, -0.2) is 18.4 Å². The summed E-state index contributed by atoms with van der Waals surface area (Å²) in [6.07, 6.45) is 10.5. The Hall–Kier alpha value is -2.11. The number of nitrogens with zero attached hydrogens (tertiary/aromatic N) is 1. The molecule has 2 atom stereocenters. The van der Waals surface area contributed by atoms with Gasteiger partial charge in [0, 0.05) is 17.2 Å². The first-order valence-corrected chi connectivity index (χ1v) is 10.5. The van der Waals surface area contributed by atoms with Gasteiger partial charge in [0.1, 0.15) is 5.84 Å². The SMILES string of the molecule is C=C(C1=CCC(NCC)CC1)C1(C)CC=C(N=C(N)c2cccs2)C=C1N. The first-order valence-electron chi connectivity index (χ1n) is 9.62. The number of rotatable bonds is 6. The van der Waals surface area contributed by atoms with E-state index in [1.54, 1.807) is 11.3 Å². The lowest BCUT2D eigenvalue weighted by molar-refractivity contribution is 0.450. The fourth-order valence-electron chi connectivity index (χ4n) is 3.73. The van der Waals surface area contributed by atoms with Gasteiger partial charge in [0.15, 0.2) is 0 Å². The number of aliphatic imine (C=N–C) groups is 1. The highest BCUT2D eigenvalue weighted by atomic mass is 32.1. The van der Waals surface area contributed by atoms with E-state index in [4.69, 9.17) is 11.5 Å². The molecule has 0 fully saturated rings. The van der Waals surface area contributed by atoms with Crippen LogP contribution in [0.2, 0.25) is 0 Å². The zero-order chi connectivity index (χ0) is 19.4. The van der Waals surface area contributed by atoms with Crippen LogP contribution in [0.3, 0.4) is 0 Å². The maximum Gasteiger partial charge on any atom is 0.141 e. The second-order valence-corrected chi connectivity index (χ2v) is 8.42. The van der Waals surface area contributed by atoms with Crippen molar-refractivity contribution in [3.8, 4) is 0 Å². The van der Waals surface area contributed by atoms with Crippen LogP contribution in [0.15, 0.2) is 69.9 Å². The molecule has 5 N–H and O–H groups in total. The van der Waals surface area contributed by atoms with Crippen molar-refractivity contribution < 1.29 is 0 Å². The first kappa shape index (κ1) is 19.6. The molecule has 0 radical (unpaired) electrons. The molecule has 0 bridgehead atoms. The maximum absolute atomic E-state index is 6.49. The normalized spacial score (nSPS) is 26.2. The summed E-state index contributed by atoms with van der Waals surface area (Å²) in [5.41, 5.74) is 16.5. The van der Waals surface area contributed by atoms with Crippen molar-refractivity contribution in [2.45, 2.75) is 45.6 Å². The molecule has 144 valence electrons. The summed E-state index contributed by atoms with van der Waals surface area (Å²) in [5.74, 6) is 0.534. The fourth-order valence-corrected chi connectivity index (χ4v) is 4.36. The molecule has 0 spiro atoms. The molecule has 1 aromatic heterocycles. The zero-order valence-electron chi connectivity index (χ0n) is 16.3. The fraction of sp³-hybridized carbons (Fsp3) is 0.409. The quantitative estimate of drug-likeness (QED) is 0.509. The topological polar surface area (TPSA) is 76.4 Å². The van der Waals surface area contributed by atoms with Gasteiger partial charge in [-0.2, -0.15) is 0 Å². The van der Waals surface area contributed by atoms with E-state index in [-0.39, 0.29) is 5.41 Å². The van der Waals surface area contributed by atoms with Gasteiger partial charge in [0.05, 0.1) is 10.6 Å². The number of thiophene rings is 1. The molecular formula is C22H30N4S. The Morgan fingerprint density at radius 3 is 2.85 bits per heavy atom. The van der Waals surface area contributed by atoms with E-state index >= 15 is 0 Å². The molecule has 2 aliphatic rings. The van der Waals surface area contributed by atoms with E-state index in [0.29, 0.717) is 11.9 Å². The lowest BCUT2D eigenvalue weighted by atomic mass is 9.70. The lowest BCUT2D eigenvalue weighted by Crippen LogP contribution is -2.33. The van der Waals surface area contributed by atoms with Gasteiger partial charge in [0.2, 0.25) is 0 Å². The van der Waals surface area contributed by atoms with Gasteiger partial charge < -0.3 is 16.8 Å². The van der Waals surface area contributed by atoms with Crippen molar-refractivity contribution in [3.05, 3.63) is 69.7 Å². The number of hydrogen-bond acceptors (Lipinski definition) is 4. The summed E-state index contributed by atoms with van der Waals surface area (Å²) in [7, 11) is 0. The Balaban J connectivity index is 1.73. The van der Waals surface area contributed by atoms with Gasteiger partial charge in [-0.15, -0.1) is 11.3 Å². The highest BCUT2D eigenvalue weighted by Gasteiger charge is 2.34. The Labute approximate surface area is 166 Å². The van der Waals surface area contributed by atoms with Crippen LogP contribution < -0.4 is 16.8 Å². The van der Waals surface area contributed by atoms with Crippen LogP contribution in [0.25, 0.3) is 0 Å². The van der Waals surface area contributed by atoms with Gasteiger partial charge in [-0.05, 0) is 67.8 Å². The van der Waals surface area contributed by atoms with Crippen molar-refractivity contribution in [3.63, 3.8) is 0 Å². The summed E-state index contributed by atoms with van der Waals surface area (Å²) in [5, 5.41) is 5.53. The van der Waals surface area contributed by atoms with E-state index in [9.17, 15) is 0 Å². The summed E-state index contributed by atoms with van der Waals surface area (Å²) in [6.45, 7) is 9.78. The summed E-state index contributed by atoms with van der Waals surface area (Å²) < 4.78 is 0. The zero-order valence-corrected chi connectivity index (χ0v) is 17.1. The predicted molar refractivity (Wildman–Crippen MR) is 117 cm³/mol. The van der Waals surface area contributed by atoms with Crippen LogP contribution in [-0.2, 0) is 0 Å². The molecular weight excluding hydrogens is 352 g/mol. The maximum atomic E-state index is 6.49. The van der Waals surface area contributed by atoms with Crippen LogP contribution in [0, 0.1) is 5.41 Å². The summed E-state index contributed by atoms with van der Waals surface area (Å²) in [4.78, 5) is 5.53. The van der Waals surface area contributed by atoms with Crippen molar-refractivity contribution in [2.75, 3.05) is 6.54 Å². The minimum absolute atomic E-state index is 0.256. The van der Waals surface area contributed by atoms with Gasteiger partial charge in [-0.1, -0.05) is 31.7 Å². The first-order chi connectivity index (χ1) is 12.9. The molecule has 3 rings (SSSR count). The third-order valence-corrected chi connectivity index (χ3v) is 6.53. The average Bonchev–Trinajstić information content (AvgIpc) is 3.20. The van der Waals surface area contributed by atoms with Gasteiger partial charge in [0.25, 0.3) is 0 Å². The minimum Gasteiger partial charge on any atom is -0.401 e. The van der Waals surface area contributed by atoms with Gasteiger partial charge in [-0.25, -0.2) is 4.99 Å². The molecule has 2 aliphatic carbocycles. The second kappa shape index (κ2) is 8.28. The van der Waals surface area contributed by atoms with Crippen molar-refractivity contribution in [2.24, 2.45) is 21.9 Å². The highest BCUT2D eigenvalue weighted by Crippen LogP contribution is 2.44. The molecule has 0 aliphatic heterocycles. The van der Waals surface area contributed by atoms with Crippen molar-refractivity contribution >= 4 is 17.2 Å². The molecule has 0 saturated heterocycles. The Morgan fingerprint density at radius 1 is 1.44 bits per heavy atom. The van der Waals surface area contributed by atoms with E-state index in [0.717, 1.165) is 54.1 Å². The molecule has 5 heteroatoms. The Kier molecular flexibility index (Phi) is 6.02. The lowest BCUT2D eigenvalue weighted by Gasteiger charge is -2.37. The molecule has 0 aromatic carbocycles. The number of allylic oxidation sites excluding steroid dienone is 4. The van der Waals surface area contributed by atoms with Gasteiger partial charge in [-0.3, -0.25) is 0 Å². The van der Waals surface area contributed by atoms with Crippen molar-refractivity contribution in [1.82, 2.24) is 5.32 Å². The third-order valence-electron chi connectivity index (χ3n) is 5.64. The Morgan fingerprint density at radius 2 is 2.26 bits per heavy atom. The van der Waals surface area contributed by atoms with Crippen LogP contribution in [0.1, 0.15) is 44.4 Å². The monoisotopic (exact) mass is 382 g/mol. The summed E-state index contributed by atoms with van der Waals surface area (Å²) >= 11 is 1.59. The molecule has 27 heavy (non-hydrogen) atoms. The largest absolute Gasteiger partial charge is 0.401 e. The second-order valence-electron chi connectivity index (χ2n) is 7.48. The van der Waals surface area contributed by atoms with E-state index in [1.165, 1.54) is 5.57 Å². The Bertz CT molecular complexity index is 813. The van der Waals surface area contributed by atoms with Crippen LogP contribution >= 0.6 is 11.3 Å². The molecule has 1 aromatic rings. The standard InChI is InChI=1S/C22H30N4S/c1-4-25-17-9-7-16(8-10-17)15(2)22(3)12-11-18(14-20(22)23)26-21(24)19-6-5-13-27-19/h5-7,11,13-14,17,25H,2,4,8-10,12,23H2,1,3H3,(H2,24,26). The molecule has 4 nitrogen and oxygen atoms in total. The van der Waals surface area contributed by atoms with Gasteiger partial charge >= 0.3 is 0 Å². The molecule has 0 saturated carbocycles. The smallest absolute Gasteiger partial charge is 0.141 e. The molecule has 1 heterocycles. The highest BCUT2D eigenvalue weighted by molar-refractivity contribution is 7.12. The van der Waals surface area contributed by atoms with E-state index in [1.807, 2.05) is 23.6 Å². The summed E-state index contributed by atoms with van der Waals surface area (Å²) in [6, 6.07) is 4.53. The number of nitrogens with two attached hydrogens (primary N) is 2. The third kappa shape index (κ3) is 4.25.